The van der Waals surface area contributed by atoms with Crippen LogP contribution < -0.4 is 5.32 Å². The van der Waals surface area contributed by atoms with Crippen molar-refractivity contribution in [2.45, 2.75) is 46.1 Å². The molecule has 0 aliphatic heterocycles. The Bertz CT molecular complexity index is 1040. The van der Waals surface area contributed by atoms with Gasteiger partial charge in [-0.2, -0.15) is 0 Å². The lowest BCUT2D eigenvalue weighted by Crippen LogP contribution is -2.16. The van der Waals surface area contributed by atoms with Crippen molar-refractivity contribution in [3.05, 3.63) is 75.6 Å². The number of halogens is 1. The van der Waals surface area contributed by atoms with Gasteiger partial charge in [0.1, 0.15) is 10.6 Å². The summed E-state index contributed by atoms with van der Waals surface area (Å²) in [5, 5.41) is 5.77. The molecule has 0 aliphatic carbocycles. The van der Waals surface area contributed by atoms with Crippen LogP contribution in [0, 0.1) is 0 Å². The summed E-state index contributed by atoms with van der Waals surface area (Å²) >= 11 is 7.22. The third kappa shape index (κ3) is 5.96. The van der Waals surface area contributed by atoms with Crippen molar-refractivity contribution in [1.29, 1.82) is 0 Å². The monoisotopic (exact) mass is 455 g/mol. The minimum absolute atomic E-state index is 0.267. The molecule has 4 nitrogen and oxygen atoms in total. The van der Waals surface area contributed by atoms with E-state index in [-0.39, 0.29) is 12.0 Å². The maximum atomic E-state index is 12.9. The largest absolute Gasteiger partial charge is 0.459 e. The highest BCUT2D eigenvalue weighted by Gasteiger charge is 2.24. The number of amides is 1. The van der Waals surface area contributed by atoms with Gasteiger partial charge in [-0.3, -0.25) is 4.79 Å². The quantitative estimate of drug-likeness (QED) is 0.364. The number of carbonyl (C=O) groups excluding carboxylic acids is 2. The molecule has 0 aliphatic rings. The molecule has 1 amide bonds. The molecule has 162 valence electrons. The molecule has 1 heterocycles. The van der Waals surface area contributed by atoms with Gasteiger partial charge in [-0.05, 0) is 62.1 Å². The van der Waals surface area contributed by atoms with E-state index >= 15 is 0 Å². The van der Waals surface area contributed by atoms with Crippen LogP contribution in [0.3, 0.4) is 0 Å². The zero-order valence-corrected chi connectivity index (χ0v) is 19.5. The number of unbranched alkanes of at least 4 members (excludes halogenated alkanes) is 1. The van der Waals surface area contributed by atoms with Gasteiger partial charge in [-0.1, -0.05) is 49.2 Å². The molecule has 3 aromatic rings. The minimum atomic E-state index is -0.451. The van der Waals surface area contributed by atoms with E-state index < -0.39 is 5.97 Å². The first-order chi connectivity index (χ1) is 14.9. The lowest BCUT2D eigenvalue weighted by molar-refractivity contribution is 0.0380. The third-order valence-corrected chi connectivity index (χ3v) is 5.90. The van der Waals surface area contributed by atoms with Crippen LogP contribution >= 0.6 is 22.9 Å². The molecule has 0 atom stereocenters. The average molecular weight is 456 g/mol. The summed E-state index contributed by atoms with van der Waals surface area (Å²) in [5.74, 6) is -0.758. The molecular formula is C25H26ClNO3S. The molecule has 0 fully saturated rings. The first kappa shape index (κ1) is 23.0. The van der Waals surface area contributed by atoms with E-state index in [9.17, 15) is 9.59 Å². The molecule has 3 rings (SSSR count). The van der Waals surface area contributed by atoms with Gasteiger partial charge in [0.15, 0.2) is 0 Å². The topological polar surface area (TPSA) is 55.4 Å². The highest BCUT2D eigenvalue weighted by molar-refractivity contribution is 7.15. The maximum absolute atomic E-state index is 12.9. The van der Waals surface area contributed by atoms with Gasteiger partial charge in [-0.15, -0.1) is 11.3 Å². The maximum Gasteiger partial charge on any atom is 0.342 e. The molecular weight excluding hydrogens is 430 g/mol. The number of hydrogen-bond donors (Lipinski definition) is 1. The molecule has 0 saturated heterocycles. The molecule has 1 N–H and O–H groups in total. The number of carbonyl (C=O) groups is 2. The summed E-state index contributed by atoms with van der Waals surface area (Å²) < 4.78 is 5.48. The number of ether oxygens (including phenoxy) is 1. The van der Waals surface area contributed by atoms with E-state index in [1.807, 2.05) is 17.5 Å². The predicted molar refractivity (Wildman–Crippen MR) is 128 cm³/mol. The van der Waals surface area contributed by atoms with Gasteiger partial charge >= 0.3 is 5.97 Å². The second kappa shape index (κ2) is 10.6. The second-order valence-electron chi connectivity index (χ2n) is 7.57. The summed E-state index contributed by atoms with van der Waals surface area (Å²) in [4.78, 5) is 25.6. The molecule has 31 heavy (non-hydrogen) atoms. The summed E-state index contributed by atoms with van der Waals surface area (Å²) in [5.41, 5.74) is 3.77. The standard InChI is InChI=1S/C25H26ClNO3S/c1-4-5-6-17-7-9-18(10-8-17)21-15-31-24(22(21)25(29)30-16(2)3)27-23(28)19-11-13-20(26)14-12-19/h7-16H,4-6H2,1-3H3,(H,27,28). The van der Waals surface area contributed by atoms with Crippen LogP contribution in [0.2, 0.25) is 5.02 Å². The zero-order chi connectivity index (χ0) is 22.4. The molecule has 6 heteroatoms. The fourth-order valence-corrected chi connectivity index (χ4v) is 4.22. The Balaban J connectivity index is 1.93. The smallest absolute Gasteiger partial charge is 0.342 e. The summed E-state index contributed by atoms with van der Waals surface area (Å²) in [6, 6.07) is 14.8. The molecule has 0 radical (unpaired) electrons. The van der Waals surface area contributed by atoms with Crippen LogP contribution in [-0.4, -0.2) is 18.0 Å². The van der Waals surface area contributed by atoms with Crippen molar-refractivity contribution in [3.63, 3.8) is 0 Å². The molecule has 1 aromatic heterocycles. The molecule has 0 bridgehead atoms. The van der Waals surface area contributed by atoms with Crippen molar-refractivity contribution >= 4 is 39.8 Å². The van der Waals surface area contributed by atoms with Gasteiger partial charge in [0.05, 0.1) is 6.10 Å². The van der Waals surface area contributed by atoms with Crippen LogP contribution in [-0.2, 0) is 11.2 Å². The van der Waals surface area contributed by atoms with Crippen molar-refractivity contribution in [2.24, 2.45) is 0 Å². The zero-order valence-electron chi connectivity index (χ0n) is 17.9. The van der Waals surface area contributed by atoms with Crippen molar-refractivity contribution < 1.29 is 14.3 Å². The van der Waals surface area contributed by atoms with E-state index in [1.54, 1.807) is 38.1 Å². The second-order valence-corrected chi connectivity index (χ2v) is 8.89. The van der Waals surface area contributed by atoms with Crippen LogP contribution in [0.15, 0.2) is 53.9 Å². The number of benzene rings is 2. The lowest BCUT2D eigenvalue weighted by Gasteiger charge is -2.12. The normalized spacial score (nSPS) is 10.9. The Hall–Kier alpha value is -2.63. The Morgan fingerprint density at radius 2 is 1.74 bits per heavy atom. The van der Waals surface area contributed by atoms with Gasteiger partial charge in [0.2, 0.25) is 0 Å². The minimum Gasteiger partial charge on any atom is -0.459 e. The van der Waals surface area contributed by atoms with Gasteiger partial charge < -0.3 is 10.1 Å². The number of thiophene rings is 1. The van der Waals surface area contributed by atoms with E-state index in [0.29, 0.717) is 21.2 Å². The summed E-state index contributed by atoms with van der Waals surface area (Å²) in [7, 11) is 0. The van der Waals surface area contributed by atoms with Gasteiger partial charge in [0, 0.05) is 21.5 Å². The molecule has 0 spiro atoms. The molecule has 0 saturated carbocycles. The number of hydrogen-bond acceptors (Lipinski definition) is 4. The highest BCUT2D eigenvalue weighted by atomic mass is 35.5. The number of nitrogens with one attached hydrogen (secondary N) is 1. The van der Waals surface area contributed by atoms with Crippen LogP contribution in [0.25, 0.3) is 11.1 Å². The number of esters is 1. The first-order valence-electron chi connectivity index (χ1n) is 10.4. The Morgan fingerprint density at radius 3 is 2.35 bits per heavy atom. The van der Waals surface area contributed by atoms with Crippen molar-refractivity contribution in [1.82, 2.24) is 0 Å². The SMILES string of the molecule is CCCCc1ccc(-c2csc(NC(=O)c3ccc(Cl)cc3)c2C(=O)OC(C)C)cc1. The first-order valence-corrected chi connectivity index (χ1v) is 11.6. The molecule has 0 unspecified atom stereocenters. The fraction of sp³-hybridized carbons (Fsp3) is 0.280. The predicted octanol–water partition coefficient (Wildman–Crippen LogP) is 7.23. The molecule has 2 aromatic carbocycles. The van der Waals surface area contributed by atoms with Crippen LogP contribution in [0.4, 0.5) is 5.00 Å². The van der Waals surface area contributed by atoms with E-state index in [1.165, 1.54) is 16.9 Å². The van der Waals surface area contributed by atoms with Crippen LogP contribution in [0.5, 0.6) is 0 Å². The van der Waals surface area contributed by atoms with E-state index in [0.717, 1.165) is 30.4 Å². The van der Waals surface area contributed by atoms with Crippen LogP contribution in [0.1, 0.15) is 59.9 Å². The van der Waals surface area contributed by atoms with E-state index in [2.05, 4.69) is 24.4 Å². The van der Waals surface area contributed by atoms with E-state index in [4.69, 9.17) is 16.3 Å². The number of rotatable bonds is 8. The van der Waals surface area contributed by atoms with Gasteiger partial charge in [0.25, 0.3) is 5.91 Å². The number of aryl methyl sites for hydroxylation is 1. The summed E-state index contributed by atoms with van der Waals surface area (Å²) in [6.45, 7) is 5.78. The summed E-state index contributed by atoms with van der Waals surface area (Å²) in [6.07, 6.45) is 3.06. The van der Waals surface area contributed by atoms with Crippen molar-refractivity contribution in [2.75, 3.05) is 5.32 Å². The Morgan fingerprint density at radius 1 is 1.06 bits per heavy atom. The Kier molecular flexibility index (Phi) is 7.88. The van der Waals surface area contributed by atoms with Gasteiger partial charge in [-0.25, -0.2) is 4.79 Å². The lowest BCUT2D eigenvalue weighted by atomic mass is 10.0. The van der Waals surface area contributed by atoms with Crippen molar-refractivity contribution in [3.8, 4) is 11.1 Å². The fourth-order valence-electron chi connectivity index (χ4n) is 3.15. The number of anilines is 1. The average Bonchev–Trinajstić information content (AvgIpc) is 3.16. The third-order valence-electron chi connectivity index (χ3n) is 4.76. The Labute approximate surface area is 192 Å². The highest BCUT2D eigenvalue weighted by Crippen LogP contribution is 2.37.